The Morgan fingerprint density at radius 2 is 1.93 bits per heavy atom. The van der Waals surface area contributed by atoms with E-state index >= 15 is 0 Å². The molecule has 4 rings (SSSR count). The van der Waals surface area contributed by atoms with E-state index in [-0.39, 0.29) is 35.4 Å². The van der Waals surface area contributed by atoms with Crippen LogP contribution in [0.4, 0.5) is 4.79 Å². The van der Waals surface area contributed by atoms with E-state index in [1.807, 2.05) is 13.8 Å². The van der Waals surface area contributed by atoms with E-state index in [4.69, 9.17) is 0 Å². The van der Waals surface area contributed by atoms with Gasteiger partial charge in [-0.25, -0.2) is 14.3 Å². The number of fused-ring (bicyclic) bond motifs is 1. The Morgan fingerprint density at radius 3 is 2.59 bits per heavy atom. The molecule has 2 fully saturated rings. The molecule has 3 aliphatic rings. The fourth-order valence-corrected chi connectivity index (χ4v) is 4.81. The van der Waals surface area contributed by atoms with E-state index in [2.05, 4.69) is 10.4 Å². The number of likely N-dealkylation sites (tertiary alicyclic amines) is 1. The van der Waals surface area contributed by atoms with Gasteiger partial charge >= 0.3 is 11.7 Å². The minimum Gasteiger partial charge on any atom is -0.342 e. The third kappa shape index (κ3) is 3.14. The molecule has 2 saturated heterocycles. The van der Waals surface area contributed by atoms with Crippen molar-refractivity contribution in [3.63, 3.8) is 0 Å². The van der Waals surface area contributed by atoms with Crippen LogP contribution in [0.5, 0.6) is 0 Å². The lowest BCUT2D eigenvalue weighted by atomic mass is 9.84. The maximum atomic E-state index is 13.1. The van der Waals surface area contributed by atoms with Crippen LogP contribution in [0, 0.1) is 11.8 Å². The largest absolute Gasteiger partial charge is 0.345 e. The highest BCUT2D eigenvalue weighted by Gasteiger charge is 2.54. The normalized spacial score (nSPS) is 23.7. The maximum Gasteiger partial charge on any atom is 0.345 e. The zero-order valence-electron chi connectivity index (χ0n) is 17.2. The average Bonchev–Trinajstić information content (AvgIpc) is 3.09. The number of amides is 4. The zero-order chi connectivity index (χ0) is 20.9. The third-order valence-electron chi connectivity index (χ3n) is 6.41. The molecular formula is C19H28N6O4. The second-order valence-corrected chi connectivity index (χ2v) is 8.79. The van der Waals surface area contributed by atoms with Crippen LogP contribution in [0.2, 0.25) is 0 Å². The van der Waals surface area contributed by atoms with Crippen LogP contribution in [0.15, 0.2) is 4.79 Å². The molecule has 1 aromatic heterocycles. The average molecular weight is 404 g/mol. The van der Waals surface area contributed by atoms with Crippen LogP contribution in [0.3, 0.4) is 0 Å². The Labute approximate surface area is 168 Å². The van der Waals surface area contributed by atoms with Crippen molar-refractivity contribution < 1.29 is 14.4 Å². The molecule has 4 heterocycles. The molecule has 1 aromatic rings. The van der Waals surface area contributed by atoms with Gasteiger partial charge in [-0.05, 0) is 25.2 Å². The highest BCUT2D eigenvalue weighted by Crippen LogP contribution is 2.34. The number of aryl methyl sites for hydroxylation is 2. The monoisotopic (exact) mass is 404 g/mol. The number of piperidine rings is 1. The summed E-state index contributed by atoms with van der Waals surface area (Å²) in [5.41, 5.74) is -1.04. The number of carbonyl (C=O) groups is 3. The van der Waals surface area contributed by atoms with Crippen molar-refractivity contribution in [1.82, 2.24) is 29.5 Å². The topological polar surface area (TPSA) is 110 Å². The van der Waals surface area contributed by atoms with Crippen molar-refractivity contribution in [1.29, 1.82) is 0 Å². The summed E-state index contributed by atoms with van der Waals surface area (Å²) >= 11 is 0. The van der Waals surface area contributed by atoms with Crippen molar-refractivity contribution in [3.05, 3.63) is 16.3 Å². The number of hydrogen-bond donors (Lipinski definition) is 1. The van der Waals surface area contributed by atoms with E-state index in [0.717, 1.165) is 5.82 Å². The first-order chi connectivity index (χ1) is 13.7. The first-order valence-electron chi connectivity index (χ1n) is 10.3. The number of urea groups is 1. The second kappa shape index (κ2) is 7.00. The fraction of sp³-hybridized carbons (Fsp3) is 0.737. The van der Waals surface area contributed by atoms with Gasteiger partial charge in [-0.1, -0.05) is 13.8 Å². The summed E-state index contributed by atoms with van der Waals surface area (Å²) in [6.45, 7) is 5.75. The summed E-state index contributed by atoms with van der Waals surface area (Å²) in [6.07, 6.45) is 2.14. The highest BCUT2D eigenvalue weighted by molar-refractivity contribution is 6.07. The molecule has 0 radical (unpaired) electrons. The summed E-state index contributed by atoms with van der Waals surface area (Å²) < 4.78 is 2.90. The Morgan fingerprint density at radius 1 is 1.24 bits per heavy atom. The minimum absolute atomic E-state index is 0.0152. The number of aromatic nitrogens is 3. The van der Waals surface area contributed by atoms with Gasteiger partial charge in [0.25, 0.3) is 5.91 Å². The van der Waals surface area contributed by atoms with Gasteiger partial charge in [0.05, 0.1) is 5.92 Å². The quantitative estimate of drug-likeness (QED) is 0.697. The van der Waals surface area contributed by atoms with Gasteiger partial charge in [-0.2, -0.15) is 5.10 Å². The third-order valence-corrected chi connectivity index (χ3v) is 6.41. The van der Waals surface area contributed by atoms with Crippen molar-refractivity contribution in [2.75, 3.05) is 19.6 Å². The van der Waals surface area contributed by atoms with Crippen LogP contribution in [0.1, 0.15) is 38.9 Å². The van der Waals surface area contributed by atoms with Crippen LogP contribution in [-0.2, 0) is 29.6 Å². The molecule has 0 aliphatic carbocycles. The molecule has 10 heteroatoms. The van der Waals surface area contributed by atoms with E-state index < -0.39 is 5.54 Å². The Kier molecular flexibility index (Phi) is 4.74. The van der Waals surface area contributed by atoms with Gasteiger partial charge in [0.1, 0.15) is 11.4 Å². The molecule has 1 spiro atoms. The van der Waals surface area contributed by atoms with Crippen LogP contribution in [0.25, 0.3) is 0 Å². The molecule has 158 valence electrons. The second-order valence-electron chi connectivity index (χ2n) is 8.79. The summed E-state index contributed by atoms with van der Waals surface area (Å²) in [7, 11) is 1.62. The van der Waals surface area contributed by atoms with Gasteiger partial charge in [0, 0.05) is 39.6 Å². The van der Waals surface area contributed by atoms with E-state index in [0.29, 0.717) is 51.9 Å². The standard InChI is InChI=1S/C19H28N6O4/c1-12(2)10-25-17(28)20-16(27)19(25)6-8-23(9-7-19)15(26)13-4-5-14-21-22(3)18(29)24(14)11-13/h12-13H,4-11H2,1-3H3,(H,20,27,28). The lowest BCUT2D eigenvalue weighted by Crippen LogP contribution is -2.58. The Bertz CT molecular complexity index is 908. The van der Waals surface area contributed by atoms with Crippen LogP contribution < -0.4 is 11.0 Å². The van der Waals surface area contributed by atoms with Gasteiger partial charge in [-0.3, -0.25) is 19.5 Å². The first-order valence-corrected chi connectivity index (χ1v) is 10.3. The molecule has 1 N–H and O–H groups in total. The summed E-state index contributed by atoms with van der Waals surface area (Å²) in [5.74, 6) is 0.479. The lowest BCUT2D eigenvalue weighted by molar-refractivity contribution is -0.142. The number of nitrogens with zero attached hydrogens (tertiary/aromatic N) is 5. The fourth-order valence-electron chi connectivity index (χ4n) is 4.81. The molecule has 4 amide bonds. The lowest BCUT2D eigenvalue weighted by Gasteiger charge is -2.43. The van der Waals surface area contributed by atoms with Gasteiger partial charge in [0.2, 0.25) is 5.91 Å². The van der Waals surface area contributed by atoms with Crippen LogP contribution >= 0.6 is 0 Å². The minimum atomic E-state index is -0.849. The maximum absolute atomic E-state index is 13.1. The predicted molar refractivity (Wildman–Crippen MR) is 103 cm³/mol. The highest BCUT2D eigenvalue weighted by atomic mass is 16.2. The van der Waals surface area contributed by atoms with Gasteiger partial charge in [0.15, 0.2) is 0 Å². The predicted octanol–water partition coefficient (Wildman–Crippen LogP) is -0.287. The van der Waals surface area contributed by atoms with Gasteiger partial charge < -0.3 is 9.80 Å². The number of imide groups is 1. The van der Waals surface area contributed by atoms with Crippen molar-refractivity contribution >= 4 is 17.8 Å². The molecule has 0 bridgehead atoms. The zero-order valence-corrected chi connectivity index (χ0v) is 17.2. The Balaban J connectivity index is 1.45. The summed E-state index contributed by atoms with van der Waals surface area (Å²) in [6, 6.07) is -0.334. The molecular weight excluding hydrogens is 376 g/mol. The number of carbonyl (C=O) groups excluding carboxylic acids is 3. The number of hydrogen-bond acceptors (Lipinski definition) is 5. The molecule has 3 aliphatic heterocycles. The van der Waals surface area contributed by atoms with Gasteiger partial charge in [-0.15, -0.1) is 0 Å². The van der Waals surface area contributed by atoms with Crippen molar-refractivity contribution in [3.8, 4) is 0 Å². The molecule has 10 nitrogen and oxygen atoms in total. The number of nitrogens with one attached hydrogen (secondary N) is 1. The molecule has 0 saturated carbocycles. The molecule has 0 aromatic carbocycles. The summed E-state index contributed by atoms with van der Waals surface area (Å²) in [5, 5.41) is 6.67. The molecule has 29 heavy (non-hydrogen) atoms. The van der Waals surface area contributed by atoms with E-state index in [9.17, 15) is 19.2 Å². The SMILES string of the molecule is CC(C)CN1C(=O)NC(=O)C12CCN(C(=O)C1CCc3nn(C)c(=O)n3C1)CC2. The number of rotatable bonds is 3. The van der Waals surface area contributed by atoms with Crippen molar-refractivity contribution in [2.45, 2.75) is 51.6 Å². The van der Waals surface area contributed by atoms with E-state index in [1.165, 1.54) is 4.68 Å². The van der Waals surface area contributed by atoms with Crippen LogP contribution in [-0.4, -0.2) is 67.2 Å². The Hall–Kier alpha value is -2.65. The summed E-state index contributed by atoms with van der Waals surface area (Å²) in [4.78, 5) is 53.6. The molecule has 1 unspecified atom stereocenters. The smallest absolute Gasteiger partial charge is 0.342 e. The molecule has 1 atom stereocenters. The first kappa shape index (κ1) is 19.7. The van der Waals surface area contributed by atoms with Crippen molar-refractivity contribution in [2.24, 2.45) is 18.9 Å². The van der Waals surface area contributed by atoms with E-state index in [1.54, 1.807) is 21.4 Å².